The van der Waals surface area contributed by atoms with Crippen molar-refractivity contribution < 1.29 is 0 Å². The summed E-state index contributed by atoms with van der Waals surface area (Å²) in [7, 11) is 2.03. The quantitative estimate of drug-likeness (QED) is 0.634. The van der Waals surface area contributed by atoms with Crippen LogP contribution in [-0.2, 0) is 0 Å². The highest BCUT2D eigenvalue weighted by molar-refractivity contribution is 5.06. The van der Waals surface area contributed by atoms with Crippen LogP contribution < -0.4 is 5.32 Å². The minimum absolute atomic E-state index is 0.615. The van der Waals surface area contributed by atoms with E-state index in [-0.39, 0.29) is 0 Å². The third-order valence-electron chi connectivity index (χ3n) is 3.27. The van der Waals surface area contributed by atoms with Crippen molar-refractivity contribution in [3.05, 3.63) is 0 Å². The number of hydrogen-bond donors (Lipinski definition) is 1. The van der Waals surface area contributed by atoms with E-state index in [2.05, 4.69) is 26.1 Å². The maximum absolute atomic E-state index is 3.20. The molecule has 0 amide bonds. The molecule has 0 bridgehead atoms. The van der Waals surface area contributed by atoms with Crippen molar-refractivity contribution in [3.8, 4) is 0 Å². The fourth-order valence-corrected chi connectivity index (χ4v) is 1.76. The number of nitrogens with one attached hydrogen (secondary N) is 1. The summed E-state index contributed by atoms with van der Waals surface area (Å²) in [5, 5.41) is 3.20. The summed E-state index contributed by atoms with van der Waals surface area (Å²) in [6.45, 7) is 8.29. The molecule has 1 unspecified atom stereocenters. The highest BCUT2D eigenvalue weighted by atomic mass is 14.8. The Kier molecular flexibility index (Phi) is 1.80. The zero-order chi connectivity index (χ0) is 7.83. The average molecular weight is 141 g/mol. The summed E-state index contributed by atoms with van der Waals surface area (Å²) in [5.41, 5.74) is 1.25. The van der Waals surface area contributed by atoms with Gasteiger partial charge in [0.1, 0.15) is 0 Å². The molecule has 1 aliphatic rings. The number of hydrogen-bond acceptors (Lipinski definition) is 1. The van der Waals surface area contributed by atoms with Gasteiger partial charge in [-0.25, -0.2) is 0 Å². The Morgan fingerprint density at radius 2 is 1.80 bits per heavy atom. The molecule has 0 spiro atoms. The topological polar surface area (TPSA) is 12.0 Å². The molecule has 0 aromatic heterocycles. The van der Waals surface area contributed by atoms with Crippen LogP contribution in [0.2, 0.25) is 0 Å². The first-order chi connectivity index (χ1) is 4.52. The number of rotatable bonds is 3. The molecule has 0 aliphatic heterocycles. The summed E-state index contributed by atoms with van der Waals surface area (Å²) in [6, 6.07) is 0. The first-order valence-corrected chi connectivity index (χ1v) is 4.16. The fourth-order valence-electron chi connectivity index (χ4n) is 1.76. The molecule has 1 heteroatoms. The summed E-state index contributed by atoms with van der Waals surface area (Å²) in [6.07, 6.45) is 2.73. The van der Waals surface area contributed by atoms with Crippen molar-refractivity contribution in [3.63, 3.8) is 0 Å². The molecule has 1 rings (SSSR count). The molecule has 10 heavy (non-hydrogen) atoms. The van der Waals surface area contributed by atoms with Gasteiger partial charge < -0.3 is 5.32 Å². The highest BCUT2D eigenvalue weighted by Crippen LogP contribution is 2.64. The zero-order valence-corrected chi connectivity index (χ0v) is 7.62. The van der Waals surface area contributed by atoms with Crippen LogP contribution in [0.3, 0.4) is 0 Å². The minimum atomic E-state index is 0.615. The van der Waals surface area contributed by atoms with Gasteiger partial charge in [-0.15, -0.1) is 0 Å². The molecular weight excluding hydrogens is 122 g/mol. The molecule has 1 atom stereocenters. The van der Waals surface area contributed by atoms with Crippen LogP contribution in [0, 0.1) is 10.8 Å². The van der Waals surface area contributed by atoms with E-state index in [9.17, 15) is 0 Å². The standard InChI is InChI=1S/C9H19N/c1-8(2)7-9(8,3)5-6-10-4/h10H,5-7H2,1-4H3. The van der Waals surface area contributed by atoms with E-state index in [4.69, 9.17) is 0 Å². The Bertz CT molecular complexity index is 129. The molecule has 1 aliphatic carbocycles. The minimum Gasteiger partial charge on any atom is -0.320 e. The summed E-state index contributed by atoms with van der Waals surface area (Å²) >= 11 is 0. The second-order valence-electron chi connectivity index (χ2n) is 4.47. The Hall–Kier alpha value is -0.0400. The largest absolute Gasteiger partial charge is 0.320 e. The molecule has 1 nitrogen and oxygen atoms in total. The van der Waals surface area contributed by atoms with Gasteiger partial charge in [-0.2, -0.15) is 0 Å². The van der Waals surface area contributed by atoms with Crippen molar-refractivity contribution in [1.29, 1.82) is 0 Å². The van der Waals surface area contributed by atoms with Gasteiger partial charge >= 0.3 is 0 Å². The molecule has 1 N–H and O–H groups in total. The third-order valence-corrected chi connectivity index (χ3v) is 3.27. The van der Waals surface area contributed by atoms with Crippen LogP contribution >= 0.6 is 0 Å². The second-order valence-corrected chi connectivity index (χ2v) is 4.47. The normalized spacial score (nSPS) is 36.0. The van der Waals surface area contributed by atoms with Gasteiger partial charge in [0.25, 0.3) is 0 Å². The van der Waals surface area contributed by atoms with Crippen LogP contribution in [0.15, 0.2) is 0 Å². The SMILES string of the molecule is CNCCC1(C)CC1(C)C. The average Bonchev–Trinajstić information content (AvgIpc) is 2.29. The van der Waals surface area contributed by atoms with Gasteiger partial charge in [-0.1, -0.05) is 20.8 Å². The predicted octanol–water partition coefficient (Wildman–Crippen LogP) is 2.03. The Labute approximate surface area is 64.2 Å². The Morgan fingerprint density at radius 3 is 2.10 bits per heavy atom. The van der Waals surface area contributed by atoms with Gasteiger partial charge in [0, 0.05) is 0 Å². The van der Waals surface area contributed by atoms with Crippen molar-refractivity contribution in [1.82, 2.24) is 5.32 Å². The molecule has 0 heterocycles. The lowest BCUT2D eigenvalue weighted by molar-refractivity contribution is 0.386. The van der Waals surface area contributed by atoms with E-state index in [0.717, 1.165) is 0 Å². The maximum Gasteiger partial charge on any atom is -0.00465 e. The van der Waals surface area contributed by atoms with Crippen molar-refractivity contribution >= 4 is 0 Å². The lowest BCUT2D eigenvalue weighted by atomic mass is 9.95. The molecule has 60 valence electrons. The van der Waals surface area contributed by atoms with Crippen LogP contribution in [-0.4, -0.2) is 13.6 Å². The van der Waals surface area contributed by atoms with Gasteiger partial charge in [-0.05, 0) is 37.3 Å². The molecule has 0 aromatic carbocycles. The van der Waals surface area contributed by atoms with E-state index >= 15 is 0 Å². The lowest BCUT2D eigenvalue weighted by Crippen LogP contribution is -2.14. The van der Waals surface area contributed by atoms with Gasteiger partial charge in [0.15, 0.2) is 0 Å². The predicted molar refractivity (Wildman–Crippen MR) is 45.0 cm³/mol. The first kappa shape index (κ1) is 8.06. The molecular formula is C9H19N. The monoisotopic (exact) mass is 141 g/mol. The molecule has 1 fully saturated rings. The van der Waals surface area contributed by atoms with E-state index < -0.39 is 0 Å². The fraction of sp³-hybridized carbons (Fsp3) is 1.00. The highest BCUT2D eigenvalue weighted by Gasteiger charge is 2.56. The van der Waals surface area contributed by atoms with Crippen LogP contribution in [0.5, 0.6) is 0 Å². The summed E-state index contributed by atoms with van der Waals surface area (Å²) in [4.78, 5) is 0. The maximum atomic E-state index is 3.20. The molecule has 1 saturated carbocycles. The van der Waals surface area contributed by atoms with E-state index in [1.54, 1.807) is 0 Å². The van der Waals surface area contributed by atoms with Gasteiger partial charge in [0.05, 0.1) is 0 Å². The molecule has 0 saturated heterocycles. The van der Waals surface area contributed by atoms with Crippen LogP contribution in [0.1, 0.15) is 33.6 Å². The van der Waals surface area contributed by atoms with Gasteiger partial charge in [-0.3, -0.25) is 0 Å². The summed E-state index contributed by atoms with van der Waals surface area (Å²) in [5.74, 6) is 0. The lowest BCUT2D eigenvalue weighted by Gasteiger charge is -2.13. The zero-order valence-electron chi connectivity index (χ0n) is 7.62. The smallest absolute Gasteiger partial charge is 0.00465 e. The van der Waals surface area contributed by atoms with E-state index in [0.29, 0.717) is 10.8 Å². The molecule has 0 aromatic rings. The Balaban J connectivity index is 2.30. The third kappa shape index (κ3) is 1.20. The van der Waals surface area contributed by atoms with Crippen LogP contribution in [0.25, 0.3) is 0 Å². The van der Waals surface area contributed by atoms with Gasteiger partial charge in [0.2, 0.25) is 0 Å². The van der Waals surface area contributed by atoms with Crippen molar-refractivity contribution in [2.45, 2.75) is 33.6 Å². The molecule has 0 radical (unpaired) electrons. The van der Waals surface area contributed by atoms with E-state index in [1.165, 1.54) is 19.4 Å². The second kappa shape index (κ2) is 2.23. The first-order valence-electron chi connectivity index (χ1n) is 4.16. The van der Waals surface area contributed by atoms with E-state index in [1.807, 2.05) is 7.05 Å². The van der Waals surface area contributed by atoms with Crippen LogP contribution in [0.4, 0.5) is 0 Å². The Morgan fingerprint density at radius 1 is 1.30 bits per heavy atom. The van der Waals surface area contributed by atoms with Crippen molar-refractivity contribution in [2.75, 3.05) is 13.6 Å². The van der Waals surface area contributed by atoms with Crippen molar-refractivity contribution in [2.24, 2.45) is 10.8 Å². The summed E-state index contributed by atoms with van der Waals surface area (Å²) < 4.78 is 0.